The van der Waals surface area contributed by atoms with E-state index in [0.717, 1.165) is 57.3 Å². The van der Waals surface area contributed by atoms with Gasteiger partial charge < -0.3 is 19.7 Å². The molecule has 6 heteroatoms. The third-order valence-corrected chi connectivity index (χ3v) is 5.81. The van der Waals surface area contributed by atoms with Crippen LogP contribution in [0.1, 0.15) is 41.1 Å². The normalized spacial score (nSPS) is 19.0. The minimum absolute atomic E-state index is 0.0939. The quantitative estimate of drug-likeness (QED) is 0.708. The minimum atomic E-state index is -0.846. The average molecular weight is 363 g/mol. The van der Waals surface area contributed by atoms with Crippen LogP contribution in [0.15, 0.2) is 30.6 Å². The standard InChI is InChI=1S/C21H21N3O3/c1-12-8-22-20-16(12)7-14(9-23-20)13-5-15-10-27-11-18(15)17(6-13)19-3-2-4-24(19)21(25)26/h5-9,19H,2-4,10-11H2,1H3,(H,22,23)(H,25,26)/t19-/m0/s1. The first-order chi connectivity index (χ1) is 13.1. The monoisotopic (exact) mass is 363 g/mol. The van der Waals surface area contributed by atoms with Crippen LogP contribution in [0.5, 0.6) is 0 Å². The van der Waals surface area contributed by atoms with Gasteiger partial charge in [0.2, 0.25) is 0 Å². The highest BCUT2D eigenvalue weighted by atomic mass is 16.5. The van der Waals surface area contributed by atoms with E-state index in [4.69, 9.17) is 4.74 Å². The van der Waals surface area contributed by atoms with E-state index >= 15 is 0 Å². The van der Waals surface area contributed by atoms with E-state index in [1.54, 1.807) is 4.90 Å². The second-order valence-corrected chi connectivity index (χ2v) is 7.42. The molecule has 1 atom stereocenters. The number of likely N-dealkylation sites (tertiary alicyclic amines) is 1. The molecular weight excluding hydrogens is 342 g/mol. The lowest BCUT2D eigenvalue weighted by atomic mass is 9.91. The number of aromatic amines is 1. The summed E-state index contributed by atoms with van der Waals surface area (Å²) in [4.78, 5) is 21.0. The van der Waals surface area contributed by atoms with Gasteiger partial charge in [-0.1, -0.05) is 0 Å². The summed E-state index contributed by atoms with van der Waals surface area (Å²) in [5.41, 5.74) is 7.56. The number of carboxylic acid groups (broad SMARTS) is 1. The molecule has 5 rings (SSSR count). The van der Waals surface area contributed by atoms with E-state index in [9.17, 15) is 9.90 Å². The Morgan fingerprint density at radius 2 is 2.19 bits per heavy atom. The molecule has 0 saturated carbocycles. The van der Waals surface area contributed by atoms with Gasteiger partial charge in [0.25, 0.3) is 0 Å². The molecule has 0 radical (unpaired) electrons. The third kappa shape index (κ3) is 2.59. The zero-order chi connectivity index (χ0) is 18.5. The lowest BCUT2D eigenvalue weighted by Gasteiger charge is -2.24. The number of ether oxygens (including phenoxy) is 1. The first-order valence-corrected chi connectivity index (χ1v) is 9.29. The molecule has 1 aromatic carbocycles. The summed E-state index contributed by atoms with van der Waals surface area (Å²) in [5, 5.41) is 10.7. The van der Waals surface area contributed by atoms with Crippen molar-refractivity contribution in [2.75, 3.05) is 6.54 Å². The van der Waals surface area contributed by atoms with Crippen LogP contribution in [-0.2, 0) is 18.0 Å². The minimum Gasteiger partial charge on any atom is -0.465 e. The summed E-state index contributed by atoms with van der Waals surface area (Å²) in [6.45, 7) is 3.80. The maximum atomic E-state index is 11.7. The van der Waals surface area contributed by atoms with Crippen molar-refractivity contribution in [3.8, 4) is 11.1 Å². The van der Waals surface area contributed by atoms with Gasteiger partial charge in [-0.25, -0.2) is 9.78 Å². The van der Waals surface area contributed by atoms with Crippen LogP contribution in [0.3, 0.4) is 0 Å². The molecule has 0 unspecified atom stereocenters. The molecule has 0 aliphatic carbocycles. The van der Waals surface area contributed by atoms with Crippen LogP contribution in [0.4, 0.5) is 4.79 Å². The van der Waals surface area contributed by atoms with E-state index in [0.29, 0.717) is 19.8 Å². The summed E-state index contributed by atoms with van der Waals surface area (Å²) >= 11 is 0. The first-order valence-electron chi connectivity index (χ1n) is 9.29. The van der Waals surface area contributed by atoms with Crippen molar-refractivity contribution in [2.45, 2.75) is 39.0 Å². The van der Waals surface area contributed by atoms with Crippen molar-refractivity contribution in [3.63, 3.8) is 0 Å². The molecule has 3 aromatic rings. The molecule has 4 heterocycles. The number of fused-ring (bicyclic) bond motifs is 2. The Hall–Kier alpha value is -2.86. The van der Waals surface area contributed by atoms with Gasteiger partial charge in [-0.05, 0) is 65.8 Å². The van der Waals surface area contributed by atoms with Crippen LogP contribution in [0.2, 0.25) is 0 Å². The highest BCUT2D eigenvalue weighted by molar-refractivity contribution is 5.84. The van der Waals surface area contributed by atoms with Crippen molar-refractivity contribution >= 4 is 17.1 Å². The van der Waals surface area contributed by atoms with Gasteiger partial charge in [0.05, 0.1) is 19.3 Å². The molecule has 2 aliphatic rings. The molecule has 2 aromatic heterocycles. The highest BCUT2D eigenvalue weighted by Crippen LogP contribution is 2.40. The van der Waals surface area contributed by atoms with Gasteiger partial charge in [0.1, 0.15) is 5.65 Å². The van der Waals surface area contributed by atoms with Crippen molar-refractivity contribution < 1.29 is 14.6 Å². The van der Waals surface area contributed by atoms with Crippen molar-refractivity contribution in [3.05, 3.63) is 52.8 Å². The van der Waals surface area contributed by atoms with Crippen LogP contribution >= 0.6 is 0 Å². The maximum Gasteiger partial charge on any atom is 0.407 e. The smallest absolute Gasteiger partial charge is 0.407 e. The number of H-pyrrole nitrogens is 1. The molecule has 0 bridgehead atoms. The van der Waals surface area contributed by atoms with E-state index in [1.165, 1.54) is 0 Å². The SMILES string of the molecule is Cc1c[nH]c2ncc(-c3cc4c(c([C@@H]5CCCN5C(=O)O)c3)COC4)cc12. The lowest BCUT2D eigenvalue weighted by Crippen LogP contribution is -2.29. The van der Waals surface area contributed by atoms with Crippen molar-refractivity contribution in [2.24, 2.45) is 0 Å². The molecule has 2 aliphatic heterocycles. The Morgan fingerprint density at radius 3 is 3.04 bits per heavy atom. The zero-order valence-corrected chi connectivity index (χ0v) is 15.2. The number of nitrogens with zero attached hydrogens (tertiary/aromatic N) is 2. The predicted molar refractivity (Wildman–Crippen MR) is 101 cm³/mol. The van der Waals surface area contributed by atoms with Crippen molar-refractivity contribution in [1.29, 1.82) is 0 Å². The molecule has 27 heavy (non-hydrogen) atoms. The number of aryl methyl sites for hydroxylation is 1. The summed E-state index contributed by atoms with van der Waals surface area (Å²) < 4.78 is 5.69. The number of nitrogens with one attached hydrogen (secondary N) is 1. The van der Waals surface area contributed by atoms with E-state index < -0.39 is 6.09 Å². The van der Waals surface area contributed by atoms with E-state index in [-0.39, 0.29) is 6.04 Å². The van der Waals surface area contributed by atoms with E-state index in [1.807, 2.05) is 12.4 Å². The molecule has 6 nitrogen and oxygen atoms in total. The highest BCUT2D eigenvalue weighted by Gasteiger charge is 2.33. The summed E-state index contributed by atoms with van der Waals surface area (Å²) in [7, 11) is 0. The molecule has 1 saturated heterocycles. The van der Waals surface area contributed by atoms with Gasteiger partial charge in [-0.15, -0.1) is 0 Å². The van der Waals surface area contributed by atoms with Crippen LogP contribution in [-0.4, -0.2) is 32.6 Å². The third-order valence-electron chi connectivity index (χ3n) is 5.81. The molecule has 1 amide bonds. The molecule has 2 N–H and O–H groups in total. The second kappa shape index (κ2) is 6.09. The van der Waals surface area contributed by atoms with Gasteiger partial charge in [0.15, 0.2) is 0 Å². The molecular formula is C21H21N3O3. The summed E-state index contributed by atoms with van der Waals surface area (Å²) in [6, 6.07) is 6.36. The Balaban J connectivity index is 1.65. The van der Waals surface area contributed by atoms with Crippen LogP contribution in [0.25, 0.3) is 22.2 Å². The Kier molecular flexibility index (Phi) is 3.68. The second-order valence-electron chi connectivity index (χ2n) is 7.42. The van der Waals surface area contributed by atoms with Crippen LogP contribution in [0, 0.1) is 6.92 Å². The topological polar surface area (TPSA) is 78.5 Å². The number of rotatable bonds is 2. The molecule has 1 fully saturated rings. The summed E-state index contributed by atoms with van der Waals surface area (Å²) in [6.07, 6.45) is 4.75. The maximum absolute atomic E-state index is 11.7. The number of hydrogen-bond donors (Lipinski definition) is 2. The number of hydrogen-bond acceptors (Lipinski definition) is 3. The van der Waals surface area contributed by atoms with Gasteiger partial charge >= 0.3 is 6.09 Å². The lowest BCUT2D eigenvalue weighted by molar-refractivity contribution is 0.131. The number of carbonyl (C=O) groups is 1. The zero-order valence-electron chi connectivity index (χ0n) is 15.2. The number of aromatic nitrogens is 2. The predicted octanol–water partition coefficient (Wildman–Crippen LogP) is 4.38. The van der Waals surface area contributed by atoms with Crippen LogP contribution < -0.4 is 0 Å². The Labute approximate surface area is 156 Å². The van der Waals surface area contributed by atoms with Gasteiger partial charge in [-0.2, -0.15) is 0 Å². The Bertz CT molecular complexity index is 1060. The first kappa shape index (κ1) is 16.3. The molecule has 138 valence electrons. The number of benzene rings is 1. The Morgan fingerprint density at radius 1 is 1.30 bits per heavy atom. The number of amides is 1. The summed E-state index contributed by atoms with van der Waals surface area (Å²) in [5.74, 6) is 0. The fourth-order valence-corrected chi connectivity index (χ4v) is 4.40. The van der Waals surface area contributed by atoms with E-state index in [2.05, 4.69) is 35.1 Å². The number of pyridine rings is 1. The van der Waals surface area contributed by atoms with Crippen molar-refractivity contribution in [1.82, 2.24) is 14.9 Å². The van der Waals surface area contributed by atoms with Gasteiger partial charge in [-0.3, -0.25) is 0 Å². The van der Waals surface area contributed by atoms with Gasteiger partial charge in [0, 0.05) is 29.9 Å². The fraction of sp³-hybridized carbons (Fsp3) is 0.333. The molecule has 0 spiro atoms. The largest absolute Gasteiger partial charge is 0.465 e. The fourth-order valence-electron chi connectivity index (χ4n) is 4.40. The average Bonchev–Trinajstić information content (AvgIpc) is 3.40.